The van der Waals surface area contributed by atoms with Crippen molar-refractivity contribution in [2.24, 2.45) is 0 Å². The van der Waals surface area contributed by atoms with E-state index < -0.39 is 0 Å². The molecule has 0 atom stereocenters. The number of fused-ring (bicyclic) bond motifs is 1. The third-order valence-electron chi connectivity index (χ3n) is 3.62. The van der Waals surface area contributed by atoms with E-state index in [4.69, 9.17) is 4.42 Å². The third-order valence-corrected chi connectivity index (χ3v) is 3.62. The molecular weight excluding hydrogens is 290 g/mol. The van der Waals surface area contributed by atoms with Crippen molar-refractivity contribution in [2.45, 2.75) is 6.92 Å². The lowest BCUT2D eigenvalue weighted by atomic mass is 10.1. The number of benzene rings is 2. The molecule has 0 saturated carbocycles. The predicted molar refractivity (Wildman–Crippen MR) is 88.0 cm³/mol. The van der Waals surface area contributed by atoms with Crippen molar-refractivity contribution in [2.75, 3.05) is 0 Å². The van der Waals surface area contributed by atoms with Crippen LogP contribution >= 0.6 is 0 Å². The molecular formula is C18H13N3O2. The van der Waals surface area contributed by atoms with Gasteiger partial charge < -0.3 is 9.40 Å². The summed E-state index contributed by atoms with van der Waals surface area (Å²) >= 11 is 0. The summed E-state index contributed by atoms with van der Waals surface area (Å²) in [6.45, 7) is 2.01. The van der Waals surface area contributed by atoms with Gasteiger partial charge in [0.2, 0.25) is 5.89 Å². The lowest BCUT2D eigenvalue weighted by Gasteiger charge is -1.98. The van der Waals surface area contributed by atoms with Gasteiger partial charge in [0, 0.05) is 11.1 Å². The van der Waals surface area contributed by atoms with Crippen molar-refractivity contribution in [3.05, 3.63) is 70.5 Å². The molecule has 2 aromatic carbocycles. The highest BCUT2D eigenvalue weighted by molar-refractivity contribution is 5.74. The van der Waals surface area contributed by atoms with E-state index in [0.29, 0.717) is 11.7 Å². The summed E-state index contributed by atoms with van der Waals surface area (Å²) in [4.78, 5) is 23.7. The van der Waals surface area contributed by atoms with Crippen LogP contribution < -0.4 is 5.56 Å². The molecule has 0 radical (unpaired) electrons. The van der Waals surface area contributed by atoms with Crippen molar-refractivity contribution in [3.8, 4) is 22.8 Å². The number of rotatable bonds is 2. The smallest absolute Gasteiger partial charge is 0.281 e. The van der Waals surface area contributed by atoms with Crippen LogP contribution in [0.25, 0.3) is 34.1 Å². The van der Waals surface area contributed by atoms with Crippen LogP contribution in [0.4, 0.5) is 0 Å². The van der Waals surface area contributed by atoms with Crippen LogP contribution in [0.5, 0.6) is 0 Å². The molecule has 4 aromatic rings. The van der Waals surface area contributed by atoms with Crippen LogP contribution in [0.3, 0.4) is 0 Å². The standard InChI is InChI=1S/C18H13N3O2/c1-11-7-9-13(10-8-11)17-19-14-16(22)20-15(21-18(14)23-17)12-5-3-2-4-6-12/h2-10H,1H3,(H,20,21,22). The predicted octanol–water partition coefficient (Wildman–Crippen LogP) is 3.55. The molecule has 4 rings (SSSR count). The highest BCUT2D eigenvalue weighted by Gasteiger charge is 2.14. The molecule has 0 bridgehead atoms. The second-order valence-corrected chi connectivity index (χ2v) is 5.32. The average molecular weight is 303 g/mol. The molecule has 5 nitrogen and oxygen atoms in total. The molecule has 0 saturated heterocycles. The van der Waals surface area contributed by atoms with Gasteiger partial charge in [-0.2, -0.15) is 4.98 Å². The van der Waals surface area contributed by atoms with E-state index >= 15 is 0 Å². The van der Waals surface area contributed by atoms with E-state index in [0.717, 1.165) is 16.7 Å². The fourth-order valence-electron chi connectivity index (χ4n) is 2.38. The van der Waals surface area contributed by atoms with Crippen LogP contribution in [-0.2, 0) is 0 Å². The van der Waals surface area contributed by atoms with E-state index in [2.05, 4.69) is 15.0 Å². The van der Waals surface area contributed by atoms with Crippen LogP contribution in [0.1, 0.15) is 5.56 Å². The Hall–Kier alpha value is -3.21. The van der Waals surface area contributed by atoms with Gasteiger partial charge in [0.1, 0.15) is 5.82 Å². The van der Waals surface area contributed by atoms with E-state index in [9.17, 15) is 4.79 Å². The molecule has 23 heavy (non-hydrogen) atoms. The Morgan fingerprint density at radius 1 is 0.913 bits per heavy atom. The molecule has 5 heteroatoms. The lowest BCUT2D eigenvalue weighted by Crippen LogP contribution is -2.09. The van der Waals surface area contributed by atoms with E-state index in [1.807, 2.05) is 61.5 Å². The largest absolute Gasteiger partial charge is 0.417 e. The minimum absolute atomic E-state index is 0.209. The minimum atomic E-state index is -0.309. The van der Waals surface area contributed by atoms with Gasteiger partial charge in [-0.1, -0.05) is 48.0 Å². The fraction of sp³-hybridized carbons (Fsp3) is 0.0556. The van der Waals surface area contributed by atoms with Crippen molar-refractivity contribution in [3.63, 3.8) is 0 Å². The maximum atomic E-state index is 12.3. The molecule has 0 spiro atoms. The number of aromatic nitrogens is 3. The average Bonchev–Trinajstić information content (AvgIpc) is 3.01. The molecule has 2 heterocycles. The van der Waals surface area contributed by atoms with E-state index in [1.165, 1.54) is 0 Å². The number of H-pyrrole nitrogens is 1. The zero-order valence-corrected chi connectivity index (χ0v) is 12.4. The number of hydrogen-bond donors (Lipinski definition) is 1. The molecule has 0 amide bonds. The van der Waals surface area contributed by atoms with Crippen molar-refractivity contribution >= 4 is 11.2 Å². The van der Waals surface area contributed by atoms with Gasteiger partial charge in [-0.25, -0.2) is 4.98 Å². The monoisotopic (exact) mass is 303 g/mol. The topological polar surface area (TPSA) is 71.8 Å². The maximum Gasteiger partial charge on any atom is 0.281 e. The first-order valence-corrected chi connectivity index (χ1v) is 7.24. The van der Waals surface area contributed by atoms with E-state index in [1.54, 1.807) is 0 Å². The molecule has 2 aromatic heterocycles. The first-order valence-electron chi connectivity index (χ1n) is 7.24. The number of oxazole rings is 1. The van der Waals surface area contributed by atoms with Gasteiger partial charge in [-0.05, 0) is 19.1 Å². The zero-order valence-electron chi connectivity index (χ0n) is 12.4. The number of nitrogens with zero attached hydrogens (tertiary/aromatic N) is 2. The summed E-state index contributed by atoms with van der Waals surface area (Å²) in [5, 5.41) is 0. The van der Waals surface area contributed by atoms with Crippen LogP contribution in [0.2, 0.25) is 0 Å². The summed E-state index contributed by atoms with van der Waals surface area (Å²) in [5.74, 6) is 0.859. The van der Waals surface area contributed by atoms with Crippen LogP contribution in [0.15, 0.2) is 63.8 Å². The first-order chi connectivity index (χ1) is 11.2. The molecule has 0 aliphatic rings. The van der Waals surface area contributed by atoms with E-state index in [-0.39, 0.29) is 16.8 Å². The minimum Gasteiger partial charge on any atom is -0.417 e. The van der Waals surface area contributed by atoms with Gasteiger partial charge in [0.05, 0.1) is 0 Å². The Bertz CT molecular complexity index is 1030. The molecule has 0 fully saturated rings. The summed E-state index contributed by atoms with van der Waals surface area (Å²) in [7, 11) is 0. The van der Waals surface area contributed by atoms with Gasteiger partial charge in [-0.15, -0.1) is 0 Å². The normalized spacial score (nSPS) is 11.0. The number of hydrogen-bond acceptors (Lipinski definition) is 4. The zero-order chi connectivity index (χ0) is 15.8. The summed E-state index contributed by atoms with van der Waals surface area (Å²) in [6.07, 6.45) is 0. The van der Waals surface area contributed by atoms with Crippen LogP contribution in [0, 0.1) is 6.92 Å². The first kappa shape index (κ1) is 13.5. The lowest BCUT2D eigenvalue weighted by molar-refractivity contribution is 0.607. The van der Waals surface area contributed by atoms with Crippen molar-refractivity contribution in [1.29, 1.82) is 0 Å². The Labute approximate surface area is 131 Å². The molecule has 0 aliphatic carbocycles. The van der Waals surface area contributed by atoms with Gasteiger partial charge in [-0.3, -0.25) is 4.79 Å². The number of aryl methyl sites for hydroxylation is 1. The molecule has 1 N–H and O–H groups in total. The summed E-state index contributed by atoms with van der Waals surface area (Å²) in [5.41, 5.74) is 2.92. The Morgan fingerprint density at radius 3 is 2.39 bits per heavy atom. The second-order valence-electron chi connectivity index (χ2n) is 5.32. The number of nitrogens with one attached hydrogen (secondary N) is 1. The highest BCUT2D eigenvalue weighted by Crippen LogP contribution is 2.23. The molecule has 0 unspecified atom stereocenters. The highest BCUT2D eigenvalue weighted by atomic mass is 16.4. The number of aromatic amines is 1. The van der Waals surface area contributed by atoms with Gasteiger partial charge in [0.25, 0.3) is 11.3 Å². The summed E-state index contributed by atoms with van der Waals surface area (Å²) < 4.78 is 5.69. The fourth-order valence-corrected chi connectivity index (χ4v) is 2.38. The molecule has 0 aliphatic heterocycles. The van der Waals surface area contributed by atoms with Gasteiger partial charge >= 0.3 is 0 Å². The Balaban J connectivity index is 1.87. The summed E-state index contributed by atoms with van der Waals surface area (Å²) in [6, 6.07) is 17.2. The van der Waals surface area contributed by atoms with Crippen molar-refractivity contribution in [1.82, 2.24) is 15.0 Å². The SMILES string of the molecule is Cc1ccc(-c2nc3c(=O)[nH]c(-c4ccccc4)nc3o2)cc1. The Morgan fingerprint density at radius 2 is 1.65 bits per heavy atom. The third kappa shape index (κ3) is 2.42. The maximum absolute atomic E-state index is 12.3. The van der Waals surface area contributed by atoms with Crippen molar-refractivity contribution < 1.29 is 4.42 Å². The Kier molecular flexibility index (Phi) is 3.05. The molecule has 112 valence electrons. The second kappa shape index (κ2) is 5.21. The van der Waals surface area contributed by atoms with Gasteiger partial charge in [0.15, 0.2) is 5.52 Å². The quantitative estimate of drug-likeness (QED) is 0.614. The van der Waals surface area contributed by atoms with Crippen LogP contribution in [-0.4, -0.2) is 15.0 Å².